The number of hydrogen-bond donors (Lipinski definition) is 1. The van der Waals surface area contributed by atoms with E-state index in [9.17, 15) is 17.8 Å². The Hall–Kier alpha value is -4.73. The van der Waals surface area contributed by atoms with E-state index in [2.05, 4.69) is 32.9 Å². The van der Waals surface area contributed by atoms with E-state index < -0.39 is 16.2 Å². The fourth-order valence-electron chi connectivity index (χ4n) is 6.19. The average molecular weight is 695 g/mol. The van der Waals surface area contributed by atoms with Crippen LogP contribution in [0.2, 0.25) is 0 Å². The monoisotopic (exact) mass is 694 g/mol. The van der Waals surface area contributed by atoms with E-state index in [-0.39, 0.29) is 23.8 Å². The highest BCUT2D eigenvalue weighted by Crippen LogP contribution is 2.36. The van der Waals surface area contributed by atoms with Gasteiger partial charge in [0, 0.05) is 10.9 Å². The average Bonchev–Trinajstić information content (AvgIpc) is 3.10. The fraction of sp³-hybridized carbons (Fsp3) is 0.317. The van der Waals surface area contributed by atoms with E-state index in [0.717, 1.165) is 58.8 Å². The summed E-state index contributed by atoms with van der Waals surface area (Å²) in [6.45, 7) is 6.85. The van der Waals surface area contributed by atoms with Gasteiger partial charge in [-0.05, 0) is 90.4 Å². The standard InChI is InChI=1S/C41H46N2O6S/c1-5-6-7-11-24-49-41(44)38(31-16-14-30(15-17-31)25-29(2)3)26-33-27-40(32-12-9-8-10-13-32)42-39-23-20-35(28-37(33)39)43(50(45,46)47)34-18-21-36(48-4)22-19-34/h8-10,12-23,27-29,38H,5-7,11,24-26H2,1-4H3,(H,45,46,47). The highest BCUT2D eigenvalue weighted by molar-refractivity contribution is 7.87. The number of nitrogens with zero attached hydrogens (tertiary/aromatic N) is 2. The van der Waals surface area contributed by atoms with Crippen molar-refractivity contribution in [1.29, 1.82) is 0 Å². The van der Waals surface area contributed by atoms with E-state index >= 15 is 0 Å². The lowest BCUT2D eigenvalue weighted by molar-refractivity contribution is -0.145. The number of fused-ring (bicyclic) bond motifs is 1. The van der Waals surface area contributed by atoms with E-state index in [1.165, 1.54) is 12.7 Å². The first kappa shape index (κ1) is 36.5. The van der Waals surface area contributed by atoms with Crippen molar-refractivity contribution in [3.8, 4) is 17.0 Å². The van der Waals surface area contributed by atoms with Crippen LogP contribution in [0, 0.1) is 5.92 Å². The third kappa shape index (κ3) is 9.28. The van der Waals surface area contributed by atoms with Crippen LogP contribution < -0.4 is 9.04 Å². The van der Waals surface area contributed by atoms with Gasteiger partial charge < -0.3 is 9.47 Å². The number of methoxy groups -OCH3 is 1. The predicted octanol–water partition coefficient (Wildman–Crippen LogP) is 9.50. The van der Waals surface area contributed by atoms with Gasteiger partial charge in [0.2, 0.25) is 0 Å². The molecule has 5 rings (SSSR count). The minimum absolute atomic E-state index is 0.216. The summed E-state index contributed by atoms with van der Waals surface area (Å²) in [5.41, 5.74) is 5.53. The van der Waals surface area contributed by atoms with Crippen LogP contribution in [0.15, 0.2) is 103 Å². The number of carbonyl (C=O) groups excluding carboxylic acids is 1. The summed E-state index contributed by atoms with van der Waals surface area (Å²) in [6.07, 6.45) is 5.19. The van der Waals surface area contributed by atoms with Gasteiger partial charge in [0.1, 0.15) is 5.75 Å². The third-order valence-corrected chi connectivity index (χ3v) is 9.58. The zero-order chi connectivity index (χ0) is 35.7. The smallest absolute Gasteiger partial charge is 0.364 e. The molecule has 0 fully saturated rings. The van der Waals surface area contributed by atoms with Gasteiger partial charge in [-0.15, -0.1) is 0 Å². The van der Waals surface area contributed by atoms with E-state index in [1.807, 2.05) is 48.5 Å². The Balaban J connectivity index is 1.62. The maximum Gasteiger partial charge on any atom is 0.364 e. The molecule has 0 aliphatic carbocycles. The lowest BCUT2D eigenvalue weighted by Gasteiger charge is -2.23. The number of pyridine rings is 1. The Kier molecular flexibility index (Phi) is 12.3. The van der Waals surface area contributed by atoms with Gasteiger partial charge in [0.05, 0.1) is 42.2 Å². The van der Waals surface area contributed by atoms with Crippen LogP contribution in [-0.4, -0.2) is 37.6 Å². The van der Waals surface area contributed by atoms with Crippen molar-refractivity contribution in [2.75, 3.05) is 18.0 Å². The molecule has 0 saturated carbocycles. The number of carbonyl (C=O) groups is 1. The van der Waals surface area contributed by atoms with E-state index in [4.69, 9.17) is 14.5 Å². The molecule has 0 amide bonds. The highest BCUT2D eigenvalue weighted by atomic mass is 32.2. The van der Waals surface area contributed by atoms with Gasteiger partial charge in [0.25, 0.3) is 0 Å². The Morgan fingerprint density at radius 3 is 2.18 bits per heavy atom. The molecule has 0 radical (unpaired) electrons. The second-order valence-corrected chi connectivity index (χ2v) is 14.3. The molecule has 1 N–H and O–H groups in total. The van der Waals surface area contributed by atoms with Crippen LogP contribution in [0.1, 0.15) is 69.1 Å². The summed E-state index contributed by atoms with van der Waals surface area (Å²) in [5.74, 6) is 0.117. The molecule has 50 heavy (non-hydrogen) atoms. The number of hydrogen-bond acceptors (Lipinski definition) is 6. The number of ether oxygens (including phenoxy) is 2. The van der Waals surface area contributed by atoms with Gasteiger partial charge in [-0.1, -0.05) is 94.6 Å². The maximum atomic E-state index is 13.9. The van der Waals surface area contributed by atoms with Crippen LogP contribution in [-0.2, 0) is 32.7 Å². The van der Waals surface area contributed by atoms with Crippen LogP contribution in [0.3, 0.4) is 0 Å². The first-order valence-electron chi connectivity index (χ1n) is 17.2. The van der Waals surface area contributed by atoms with Crippen molar-refractivity contribution in [3.63, 3.8) is 0 Å². The minimum atomic E-state index is -4.73. The SMILES string of the molecule is CCCCCCOC(=O)C(Cc1cc(-c2ccccc2)nc2ccc(N(c3ccc(OC)cc3)S(=O)(=O)O)cc12)c1ccc(CC(C)C)cc1. The van der Waals surface area contributed by atoms with Gasteiger partial charge in [0.15, 0.2) is 0 Å². The molecule has 0 aliphatic heterocycles. The van der Waals surface area contributed by atoms with Crippen molar-refractivity contribution in [1.82, 2.24) is 4.98 Å². The van der Waals surface area contributed by atoms with Crippen molar-refractivity contribution >= 4 is 38.6 Å². The molecule has 0 aliphatic rings. The van der Waals surface area contributed by atoms with Gasteiger partial charge in [-0.25, -0.2) is 9.29 Å². The van der Waals surface area contributed by atoms with Gasteiger partial charge in [-0.3, -0.25) is 9.35 Å². The number of unbranched alkanes of at least 4 members (excludes halogenated alkanes) is 3. The van der Waals surface area contributed by atoms with Gasteiger partial charge >= 0.3 is 16.3 Å². The number of aromatic nitrogens is 1. The van der Waals surface area contributed by atoms with Crippen molar-refractivity contribution < 1.29 is 27.2 Å². The molecule has 8 nitrogen and oxygen atoms in total. The third-order valence-electron chi connectivity index (χ3n) is 8.70. The van der Waals surface area contributed by atoms with Crippen LogP contribution in [0.5, 0.6) is 5.75 Å². The Morgan fingerprint density at radius 1 is 0.840 bits per heavy atom. The molecule has 5 aromatic rings. The molecule has 262 valence electrons. The second-order valence-electron chi connectivity index (χ2n) is 13.0. The molecule has 1 heterocycles. The molecule has 9 heteroatoms. The van der Waals surface area contributed by atoms with Crippen LogP contribution in [0.4, 0.5) is 11.4 Å². The number of benzene rings is 4. The molecular formula is C41H46N2O6S. The number of anilines is 2. The zero-order valence-electron chi connectivity index (χ0n) is 29.2. The summed E-state index contributed by atoms with van der Waals surface area (Å²) in [6, 6.07) is 31.3. The topological polar surface area (TPSA) is 106 Å². The summed E-state index contributed by atoms with van der Waals surface area (Å²) in [7, 11) is -3.21. The summed E-state index contributed by atoms with van der Waals surface area (Å²) >= 11 is 0. The minimum Gasteiger partial charge on any atom is -0.497 e. The first-order valence-corrected chi connectivity index (χ1v) is 18.6. The van der Waals surface area contributed by atoms with Crippen LogP contribution in [0.25, 0.3) is 22.2 Å². The number of esters is 1. The molecule has 0 bridgehead atoms. The largest absolute Gasteiger partial charge is 0.497 e. The highest BCUT2D eigenvalue weighted by Gasteiger charge is 2.27. The molecule has 1 atom stereocenters. The van der Waals surface area contributed by atoms with Crippen molar-refractivity contribution in [2.24, 2.45) is 5.92 Å². The first-order chi connectivity index (χ1) is 24.1. The maximum absolute atomic E-state index is 13.9. The molecule has 0 spiro atoms. The normalized spacial score (nSPS) is 12.2. The van der Waals surface area contributed by atoms with Crippen LogP contribution >= 0.6 is 0 Å². The molecule has 4 aromatic carbocycles. The fourth-order valence-corrected chi connectivity index (χ4v) is 6.95. The molecule has 1 unspecified atom stereocenters. The summed E-state index contributed by atoms with van der Waals surface area (Å²) in [4.78, 5) is 18.9. The summed E-state index contributed by atoms with van der Waals surface area (Å²) < 4.78 is 48.1. The van der Waals surface area contributed by atoms with E-state index in [0.29, 0.717) is 29.2 Å². The van der Waals surface area contributed by atoms with Crippen molar-refractivity contribution in [2.45, 2.75) is 65.2 Å². The molecule has 0 saturated heterocycles. The quantitative estimate of drug-likeness (QED) is 0.0623. The Bertz CT molecular complexity index is 1980. The van der Waals surface area contributed by atoms with Gasteiger partial charge in [-0.2, -0.15) is 8.42 Å². The second kappa shape index (κ2) is 16.8. The lowest BCUT2D eigenvalue weighted by atomic mass is 9.88. The summed E-state index contributed by atoms with van der Waals surface area (Å²) in [5, 5.41) is 0.654. The van der Waals surface area contributed by atoms with Crippen molar-refractivity contribution in [3.05, 3.63) is 120 Å². The zero-order valence-corrected chi connectivity index (χ0v) is 30.0. The Morgan fingerprint density at radius 2 is 1.54 bits per heavy atom. The molecular weight excluding hydrogens is 649 g/mol. The number of rotatable bonds is 16. The van der Waals surface area contributed by atoms with E-state index in [1.54, 1.807) is 42.5 Å². The predicted molar refractivity (Wildman–Crippen MR) is 200 cm³/mol. The lowest BCUT2D eigenvalue weighted by Crippen LogP contribution is -2.25. The molecule has 1 aromatic heterocycles. The Labute approximate surface area is 296 Å².